The number of hydrogen-bond donors (Lipinski definition) is 1. The Hall–Kier alpha value is -3.16. The highest BCUT2D eigenvalue weighted by Crippen LogP contribution is 2.33. The molecule has 0 aliphatic heterocycles. The molecule has 7 nitrogen and oxygen atoms in total. The van der Waals surface area contributed by atoms with Gasteiger partial charge in [-0.15, -0.1) is 0 Å². The number of hydrogen-bond acceptors (Lipinski definition) is 5. The van der Waals surface area contributed by atoms with E-state index in [0.29, 0.717) is 35.9 Å². The van der Waals surface area contributed by atoms with E-state index in [9.17, 15) is 4.79 Å². The number of halogens is 1. The second-order valence-electron chi connectivity index (χ2n) is 8.60. The van der Waals surface area contributed by atoms with Crippen LogP contribution < -0.4 is 0 Å². The summed E-state index contributed by atoms with van der Waals surface area (Å²) in [5, 5.41) is 14.8. The van der Waals surface area contributed by atoms with Crippen LogP contribution in [0.4, 0.5) is 0 Å². The highest BCUT2D eigenvalue weighted by atomic mass is 35.5. The van der Waals surface area contributed by atoms with Crippen LogP contribution in [-0.2, 0) is 11.3 Å². The maximum Gasteiger partial charge on any atom is 0.304 e. The minimum Gasteiger partial charge on any atom is -0.481 e. The summed E-state index contributed by atoms with van der Waals surface area (Å²) >= 11 is 6.48. The molecule has 0 spiro atoms. The average molecular weight is 467 g/mol. The summed E-state index contributed by atoms with van der Waals surface area (Å²) in [5.74, 6) is 0.152. The Morgan fingerprint density at radius 3 is 2.79 bits per heavy atom. The zero-order valence-electron chi connectivity index (χ0n) is 19.2. The molecule has 33 heavy (non-hydrogen) atoms. The van der Waals surface area contributed by atoms with Crippen molar-refractivity contribution in [2.45, 2.75) is 39.8 Å². The number of rotatable bonds is 8. The molecule has 0 atom stereocenters. The SMILES string of the molecule is Cc1c(CN(C)CCC(=O)O)cccc1-c1noc(-c2ccc3c(c2)c(Cl)cn3C(C)C)n1. The van der Waals surface area contributed by atoms with Crippen LogP contribution in [0.25, 0.3) is 33.7 Å². The molecule has 0 amide bonds. The van der Waals surface area contributed by atoms with Crippen molar-refractivity contribution in [2.75, 3.05) is 13.6 Å². The highest BCUT2D eigenvalue weighted by Gasteiger charge is 2.17. The van der Waals surface area contributed by atoms with E-state index >= 15 is 0 Å². The fraction of sp³-hybridized carbons (Fsp3) is 0.320. The lowest BCUT2D eigenvalue weighted by atomic mass is 10.0. The van der Waals surface area contributed by atoms with Crippen molar-refractivity contribution in [3.8, 4) is 22.8 Å². The van der Waals surface area contributed by atoms with Gasteiger partial charge in [0.25, 0.3) is 5.89 Å². The third kappa shape index (κ3) is 4.79. The summed E-state index contributed by atoms with van der Waals surface area (Å²) < 4.78 is 7.74. The maximum absolute atomic E-state index is 10.8. The predicted molar refractivity (Wildman–Crippen MR) is 129 cm³/mol. The standard InChI is InChI=1S/C25H27ClN4O3/c1-15(2)30-14-21(26)20-12-17(8-9-22(20)30)25-27-24(28-33-25)19-7-5-6-18(16(19)3)13-29(4)11-10-23(31)32/h5-9,12,14-15H,10-11,13H2,1-4H3,(H,31,32). The third-order valence-electron chi connectivity index (χ3n) is 5.85. The van der Waals surface area contributed by atoms with E-state index in [1.54, 1.807) is 0 Å². The van der Waals surface area contributed by atoms with E-state index in [2.05, 4.69) is 28.6 Å². The molecule has 0 aliphatic carbocycles. The van der Waals surface area contributed by atoms with E-state index in [-0.39, 0.29) is 6.42 Å². The van der Waals surface area contributed by atoms with Crippen LogP contribution in [-0.4, -0.2) is 44.3 Å². The Morgan fingerprint density at radius 1 is 1.27 bits per heavy atom. The van der Waals surface area contributed by atoms with E-state index in [1.807, 2.05) is 61.5 Å². The van der Waals surface area contributed by atoms with Crippen molar-refractivity contribution in [1.29, 1.82) is 0 Å². The van der Waals surface area contributed by atoms with Crippen LogP contribution >= 0.6 is 11.6 Å². The predicted octanol–water partition coefficient (Wildman–Crippen LogP) is 5.81. The first-order valence-corrected chi connectivity index (χ1v) is 11.3. The Kier molecular flexibility index (Phi) is 6.54. The van der Waals surface area contributed by atoms with Gasteiger partial charge < -0.3 is 19.1 Å². The molecule has 0 aliphatic rings. The second kappa shape index (κ2) is 9.37. The lowest BCUT2D eigenvalue weighted by Crippen LogP contribution is -2.21. The summed E-state index contributed by atoms with van der Waals surface area (Å²) in [6, 6.07) is 12.2. The van der Waals surface area contributed by atoms with Crippen molar-refractivity contribution in [1.82, 2.24) is 19.6 Å². The molecule has 0 fully saturated rings. The summed E-state index contributed by atoms with van der Waals surface area (Å²) in [4.78, 5) is 17.5. The first-order chi connectivity index (χ1) is 15.7. The molecule has 4 aromatic rings. The maximum atomic E-state index is 10.8. The van der Waals surface area contributed by atoms with Gasteiger partial charge in [-0.2, -0.15) is 4.98 Å². The molecule has 172 valence electrons. The van der Waals surface area contributed by atoms with Gasteiger partial charge in [0.05, 0.1) is 11.4 Å². The third-order valence-corrected chi connectivity index (χ3v) is 6.15. The number of aromatic nitrogens is 3. The van der Waals surface area contributed by atoms with Crippen LogP contribution in [0.2, 0.25) is 5.02 Å². The first-order valence-electron chi connectivity index (χ1n) is 10.9. The van der Waals surface area contributed by atoms with Crippen LogP contribution in [0.3, 0.4) is 0 Å². The summed E-state index contributed by atoms with van der Waals surface area (Å²) in [5.41, 5.74) is 4.90. The summed E-state index contributed by atoms with van der Waals surface area (Å²) in [6.45, 7) is 7.38. The topological polar surface area (TPSA) is 84.4 Å². The van der Waals surface area contributed by atoms with Gasteiger partial charge >= 0.3 is 5.97 Å². The van der Waals surface area contributed by atoms with Crippen molar-refractivity contribution in [3.63, 3.8) is 0 Å². The first kappa shape index (κ1) is 23.0. The van der Waals surface area contributed by atoms with Gasteiger partial charge in [-0.3, -0.25) is 4.79 Å². The van der Waals surface area contributed by atoms with Gasteiger partial charge in [-0.1, -0.05) is 35.0 Å². The molecule has 0 saturated carbocycles. The molecule has 0 saturated heterocycles. The fourth-order valence-electron chi connectivity index (χ4n) is 3.98. The summed E-state index contributed by atoms with van der Waals surface area (Å²) in [6.07, 6.45) is 2.06. The Labute approximate surface area is 197 Å². The largest absolute Gasteiger partial charge is 0.481 e. The molecule has 4 rings (SSSR count). The Balaban J connectivity index is 1.61. The van der Waals surface area contributed by atoms with Gasteiger partial charge in [0.1, 0.15) is 0 Å². The lowest BCUT2D eigenvalue weighted by molar-refractivity contribution is -0.137. The number of aliphatic carboxylic acids is 1. The van der Waals surface area contributed by atoms with Gasteiger partial charge in [-0.05, 0) is 57.1 Å². The zero-order valence-corrected chi connectivity index (χ0v) is 19.9. The molecule has 2 aromatic carbocycles. The van der Waals surface area contributed by atoms with Gasteiger partial charge in [0.15, 0.2) is 0 Å². The van der Waals surface area contributed by atoms with E-state index < -0.39 is 5.97 Å². The smallest absolute Gasteiger partial charge is 0.304 e. The molecule has 0 unspecified atom stereocenters. The minimum absolute atomic E-state index is 0.109. The monoisotopic (exact) mass is 466 g/mol. The van der Waals surface area contributed by atoms with Crippen molar-refractivity contribution in [3.05, 3.63) is 58.7 Å². The number of benzene rings is 2. The fourth-order valence-corrected chi connectivity index (χ4v) is 4.23. The van der Waals surface area contributed by atoms with Gasteiger partial charge in [0.2, 0.25) is 5.82 Å². The number of carbonyl (C=O) groups is 1. The van der Waals surface area contributed by atoms with Crippen LogP contribution in [0.15, 0.2) is 47.1 Å². The molecule has 1 N–H and O–H groups in total. The molecule has 0 radical (unpaired) electrons. The van der Waals surface area contributed by atoms with Crippen molar-refractivity contribution < 1.29 is 14.4 Å². The molecule has 2 aromatic heterocycles. The molecule has 0 bridgehead atoms. The number of carboxylic acid groups (broad SMARTS) is 1. The molecule has 2 heterocycles. The van der Waals surface area contributed by atoms with Crippen LogP contribution in [0.5, 0.6) is 0 Å². The van der Waals surface area contributed by atoms with E-state index in [4.69, 9.17) is 21.2 Å². The molecule has 8 heteroatoms. The van der Waals surface area contributed by atoms with Gasteiger partial charge in [-0.25, -0.2) is 0 Å². The summed E-state index contributed by atoms with van der Waals surface area (Å²) in [7, 11) is 1.91. The number of carboxylic acids is 1. The van der Waals surface area contributed by atoms with Crippen molar-refractivity contribution >= 4 is 28.5 Å². The quantitative estimate of drug-likeness (QED) is 0.353. The lowest BCUT2D eigenvalue weighted by Gasteiger charge is -2.18. The van der Waals surface area contributed by atoms with Gasteiger partial charge in [0, 0.05) is 47.4 Å². The second-order valence-corrected chi connectivity index (χ2v) is 9.01. The zero-order chi connectivity index (χ0) is 23.7. The van der Waals surface area contributed by atoms with Crippen LogP contribution in [0, 0.1) is 6.92 Å². The van der Waals surface area contributed by atoms with E-state index in [0.717, 1.165) is 33.2 Å². The molecular formula is C25H27ClN4O3. The Morgan fingerprint density at radius 2 is 2.06 bits per heavy atom. The molecular weight excluding hydrogens is 440 g/mol. The number of fused-ring (bicyclic) bond motifs is 1. The van der Waals surface area contributed by atoms with E-state index in [1.165, 1.54) is 0 Å². The highest BCUT2D eigenvalue weighted by molar-refractivity contribution is 6.35. The average Bonchev–Trinajstić information content (AvgIpc) is 3.39. The van der Waals surface area contributed by atoms with Crippen molar-refractivity contribution in [2.24, 2.45) is 0 Å². The normalized spacial score (nSPS) is 11.7. The van der Waals surface area contributed by atoms with Crippen LogP contribution in [0.1, 0.15) is 37.4 Å². The Bertz CT molecular complexity index is 1310. The minimum atomic E-state index is -0.799. The number of nitrogens with zero attached hydrogens (tertiary/aromatic N) is 4.